The lowest BCUT2D eigenvalue weighted by atomic mass is 10.2. The van der Waals surface area contributed by atoms with Crippen molar-refractivity contribution >= 4 is 17.6 Å². The van der Waals surface area contributed by atoms with E-state index in [2.05, 4.69) is 0 Å². The highest BCUT2D eigenvalue weighted by Gasteiger charge is 2.20. The number of allylic oxidation sites excluding steroid dienone is 1. The highest BCUT2D eigenvalue weighted by molar-refractivity contribution is 5.96. The number of hydrogen-bond acceptors (Lipinski definition) is 3. The summed E-state index contributed by atoms with van der Waals surface area (Å²) in [7, 11) is 0. The summed E-state index contributed by atoms with van der Waals surface area (Å²) in [4.78, 5) is 23.0. The summed E-state index contributed by atoms with van der Waals surface area (Å²) in [6, 6.07) is 1.55. The van der Waals surface area contributed by atoms with Gasteiger partial charge in [0.1, 0.15) is 0 Å². The van der Waals surface area contributed by atoms with Gasteiger partial charge in [-0.15, -0.1) is 0 Å². The van der Waals surface area contributed by atoms with Crippen LogP contribution in [0.2, 0.25) is 0 Å². The van der Waals surface area contributed by atoms with Crippen LogP contribution < -0.4 is 5.32 Å². The van der Waals surface area contributed by atoms with Gasteiger partial charge in [0.05, 0.1) is 5.69 Å². The van der Waals surface area contributed by atoms with E-state index in [1.54, 1.807) is 13.8 Å². The normalized spacial score (nSPS) is 11.5. The minimum atomic E-state index is -1.69. The Hall–Kier alpha value is -2.31. The van der Waals surface area contributed by atoms with E-state index in [9.17, 15) is 22.8 Å². The maximum Gasteiger partial charge on any atom is 0.331 e. The first-order valence-corrected chi connectivity index (χ1v) is 6.02. The average molecular weight is 301 g/mol. The highest BCUT2D eigenvalue weighted by Crippen LogP contribution is 2.19. The van der Waals surface area contributed by atoms with Crippen LogP contribution in [-0.4, -0.2) is 18.0 Å². The van der Waals surface area contributed by atoms with Gasteiger partial charge in [0.2, 0.25) is 0 Å². The highest BCUT2D eigenvalue weighted by atomic mass is 19.2. The summed E-state index contributed by atoms with van der Waals surface area (Å²) < 4.78 is 43.9. The first kappa shape index (κ1) is 16.7. The summed E-state index contributed by atoms with van der Waals surface area (Å²) >= 11 is 0. The van der Waals surface area contributed by atoms with E-state index < -0.39 is 41.1 Å². The molecule has 0 saturated carbocycles. The molecular weight excluding hydrogens is 287 g/mol. The second-order valence-corrected chi connectivity index (χ2v) is 4.51. The Labute approximate surface area is 119 Å². The SMILES string of the molecule is CC(C)=CC(=O)O[C@H](C)C(=O)Nc1ccc(F)c(F)c1F. The molecule has 0 aliphatic heterocycles. The molecule has 0 radical (unpaired) electrons. The molecule has 1 aromatic rings. The lowest BCUT2D eigenvalue weighted by Crippen LogP contribution is -2.30. The number of halogens is 3. The van der Waals surface area contributed by atoms with Crippen LogP contribution in [0.1, 0.15) is 20.8 Å². The zero-order valence-electron chi connectivity index (χ0n) is 11.7. The summed E-state index contributed by atoms with van der Waals surface area (Å²) in [6.45, 7) is 4.61. The van der Waals surface area contributed by atoms with E-state index in [-0.39, 0.29) is 0 Å². The second kappa shape index (κ2) is 6.92. The molecule has 4 nitrogen and oxygen atoms in total. The monoisotopic (exact) mass is 301 g/mol. The molecule has 7 heteroatoms. The minimum Gasteiger partial charge on any atom is -0.449 e. The Balaban J connectivity index is 2.75. The molecule has 0 bridgehead atoms. The molecule has 1 N–H and O–H groups in total. The van der Waals surface area contributed by atoms with E-state index in [0.717, 1.165) is 6.07 Å². The van der Waals surface area contributed by atoms with Gasteiger partial charge in [-0.05, 0) is 32.9 Å². The predicted molar refractivity (Wildman–Crippen MR) is 69.9 cm³/mol. The van der Waals surface area contributed by atoms with Crippen LogP contribution in [-0.2, 0) is 14.3 Å². The van der Waals surface area contributed by atoms with Crippen molar-refractivity contribution in [2.75, 3.05) is 5.32 Å². The summed E-state index contributed by atoms with van der Waals surface area (Å²) in [5.74, 6) is -6.18. The molecule has 0 saturated heterocycles. The van der Waals surface area contributed by atoms with Crippen LogP contribution in [0.4, 0.5) is 18.9 Å². The average Bonchev–Trinajstić information content (AvgIpc) is 2.38. The molecule has 114 valence electrons. The minimum absolute atomic E-state index is 0.538. The Bertz CT molecular complexity index is 595. The number of carbonyl (C=O) groups excluding carboxylic acids is 2. The number of ether oxygens (including phenoxy) is 1. The summed E-state index contributed by atoms with van der Waals surface area (Å²) in [5.41, 5.74) is 0.142. The smallest absolute Gasteiger partial charge is 0.331 e. The van der Waals surface area contributed by atoms with Crippen molar-refractivity contribution in [1.29, 1.82) is 0 Å². The van der Waals surface area contributed by atoms with E-state index >= 15 is 0 Å². The van der Waals surface area contributed by atoms with E-state index in [1.165, 1.54) is 13.0 Å². The number of carbonyl (C=O) groups is 2. The number of amides is 1. The van der Waals surface area contributed by atoms with Gasteiger partial charge in [-0.1, -0.05) is 5.57 Å². The van der Waals surface area contributed by atoms with E-state index in [1.807, 2.05) is 5.32 Å². The fourth-order valence-electron chi connectivity index (χ4n) is 1.35. The largest absolute Gasteiger partial charge is 0.449 e. The van der Waals surface area contributed by atoms with E-state index in [0.29, 0.717) is 11.6 Å². The molecule has 0 fully saturated rings. The van der Waals surface area contributed by atoms with E-state index in [4.69, 9.17) is 4.74 Å². The Morgan fingerprint density at radius 2 is 1.81 bits per heavy atom. The standard InChI is InChI=1S/C14H14F3NO3/c1-7(2)6-11(19)21-8(3)14(20)18-10-5-4-9(15)12(16)13(10)17/h4-6,8H,1-3H3,(H,18,20)/t8-/m1/s1. The molecule has 21 heavy (non-hydrogen) atoms. The summed E-state index contributed by atoms with van der Waals surface area (Å²) in [6.07, 6.45) is -0.0392. The molecule has 1 rings (SSSR count). The molecule has 0 unspecified atom stereocenters. The number of esters is 1. The Morgan fingerprint density at radius 3 is 2.38 bits per heavy atom. The van der Waals surface area contributed by atoms with Crippen LogP contribution in [0.15, 0.2) is 23.8 Å². The van der Waals surface area contributed by atoms with Gasteiger partial charge < -0.3 is 10.1 Å². The van der Waals surface area contributed by atoms with Gasteiger partial charge in [-0.3, -0.25) is 4.79 Å². The first-order valence-electron chi connectivity index (χ1n) is 6.02. The first-order chi connectivity index (χ1) is 9.72. The number of benzene rings is 1. The lowest BCUT2D eigenvalue weighted by Gasteiger charge is -2.13. The molecule has 1 aromatic carbocycles. The lowest BCUT2D eigenvalue weighted by molar-refractivity contribution is -0.148. The fourth-order valence-corrected chi connectivity index (χ4v) is 1.35. The fraction of sp³-hybridized carbons (Fsp3) is 0.286. The van der Waals surface area contributed by atoms with Gasteiger partial charge >= 0.3 is 5.97 Å². The quantitative estimate of drug-likeness (QED) is 0.528. The zero-order chi connectivity index (χ0) is 16.2. The van der Waals surface area contributed by atoms with Gasteiger partial charge in [0, 0.05) is 6.08 Å². The topological polar surface area (TPSA) is 55.4 Å². The third kappa shape index (κ3) is 4.62. The van der Waals surface area contributed by atoms with Crippen LogP contribution in [0.3, 0.4) is 0 Å². The number of rotatable bonds is 4. The van der Waals surface area contributed by atoms with Crippen LogP contribution in [0, 0.1) is 17.5 Å². The van der Waals surface area contributed by atoms with Crippen molar-refractivity contribution in [2.45, 2.75) is 26.9 Å². The number of hydrogen-bond donors (Lipinski definition) is 1. The molecule has 0 aromatic heterocycles. The zero-order valence-corrected chi connectivity index (χ0v) is 11.7. The molecule has 0 aliphatic carbocycles. The predicted octanol–water partition coefficient (Wildman–Crippen LogP) is 2.94. The second-order valence-electron chi connectivity index (χ2n) is 4.51. The molecule has 0 spiro atoms. The maximum absolute atomic E-state index is 13.4. The van der Waals surface area contributed by atoms with Crippen molar-refractivity contribution < 1.29 is 27.5 Å². The molecular formula is C14H14F3NO3. The molecule has 1 amide bonds. The van der Waals surface area contributed by atoms with Gasteiger partial charge in [-0.25, -0.2) is 18.0 Å². The van der Waals surface area contributed by atoms with Crippen molar-refractivity contribution in [3.8, 4) is 0 Å². The molecule has 0 aliphatic rings. The van der Waals surface area contributed by atoms with Crippen molar-refractivity contribution in [3.63, 3.8) is 0 Å². The van der Waals surface area contributed by atoms with Crippen molar-refractivity contribution in [1.82, 2.24) is 0 Å². The van der Waals surface area contributed by atoms with Crippen LogP contribution >= 0.6 is 0 Å². The van der Waals surface area contributed by atoms with Crippen molar-refractivity contribution in [3.05, 3.63) is 41.2 Å². The molecule has 0 heterocycles. The van der Waals surface area contributed by atoms with Crippen LogP contribution in [0.5, 0.6) is 0 Å². The van der Waals surface area contributed by atoms with Gasteiger partial charge in [0.25, 0.3) is 5.91 Å². The van der Waals surface area contributed by atoms with Gasteiger partial charge in [-0.2, -0.15) is 0 Å². The molecule has 1 atom stereocenters. The Kier molecular flexibility index (Phi) is 5.52. The van der Waals surface area contributed by atoms with Crippen LogP contribution in [0.25, 0.3) is 0 Å². The third-order valence-corrected chi connectivity index (χ3v) is 2.36. The van der Waals surface area contributed by atoms with Crippen molar-refractivity contribution in [2.24, 2.45) is 0 Å². The number of nitrogens with one attached hydrogen (secondary N) is 1. The third-order valence-electron chi connectivity index (χ3n) is 2.36. The van der Waals surface area contributed by atoms with Gasteiger partial charge in [0.15, 0.2) is 23.6 Å². The maximum atomic E-state index is 13.4. The Morgan fingerprint density at radius 1 is 1.19 bits per heavy atom. The number of anilines is 1. The summed E-state index contributed by atoms with van der Waals surface area (Å²) in [5, 5.41) is 2.02.